The standard InChI is InChI=1S/C26H40N4O4/c1-26(2)23(30(33)24(31)27-20-13-6-4-7-14-20)29(21-15-8-5-9-16-21)25(32)28(26)18-19-12-10-11-17-22(19)34-3/h10-12,17,20-21,23,33H,4-9,13-16,18H2,1-3H3,(H,27,31)/t23-/m1/s1. The minimum absolute atomic E-state index is 0.00493. The predicted molar refractivity (Wildman–Crippen MR) is 130 cm³/mol. The largest absolute Gasteiger partial charge is 0.496 e. The molecule has 0 bridgehead atoms. The van der Waals surface area contributed by atoms with Gasteiger partial charge in [0.25, 0.3) is 0 Å². The molecule has 0 aromatic heterocycles. The van der Waals surface area contributed by atoms with Crippen LogP contribution in [-0.4, -0.2) is 63.0 Å². The maximum atomic E-state index is 13.9. The summed E-state index contributed by atoms with van der Waals surface area (Å²) in [6, 6.07) is 7.09. The van der Waals surface area contributed by atoms with Crippen LogP contribution in [-0.2, 0) is 6.54 Å². The Hall–Kier alpha value is -2.48. The topological polar surface area (TPSA) is 85.3 Å². The molecule has 1 saturated heterocycles. The van der Waals surface area contributed by atoms with E-state index in [-0.39, 0.29) is 18.1 Å². The molecule has 3 fully saturated rings. The monoisotopic (exact) mass is 472 g/mol. The predicted octanol–water partition coefficient (Wildman–Crippen LogP) is 5.10. The Morgan fingerprint density at radius 1 is 1.09 bits per heavy atom. The average Bonchev–Trinajstić information content (AvgIpc) is 3.05. The molecule has 2 N–H and O–H groups in total. The van der Waals surface area contributed by atoms with Crippen LogP contribution in [0.3, 0.4) is 0 Å². The van der Waals surface area contributed by atoms with Gasteiger partial charge in [-0.2, -0.15) is 5.06 Å². The number of hydroxylamine groups is 2. The van der Waals surface area contributed by atoms with E-state index in [0.717, 1.165) is 74.2 Å². The van der Waals surface area contributed by atoms with Gasteiger partial charge >= 0.3 is 12.1 Å². The highest BCUT2D eigenvalue weighted by molar-refractivity contribution is 5.81. The summed E-state index contributed by atoms with van der Waals surface area (Å²) >= 11 is 0. The van der Waals surface area contributed by atoms with Crippen LogP contribution in [0.2, 0.25) is 0 Å². The molecule has 0 unspecified atom stereocenters. The van der Waals surface area contributed by atoms with Gasteiger partial charge in [-0.25, -0.2) is 9.59 Å². The third-order valence-electron chi connectivity index (χ3n) is 7.90. The van der Waals surface area contributed by atoms with Crippen LogP contribution in [0.5, 0.6) is 5.75 Å². The van der Waals surface area contributed by atoms with E-state index in [9.17, 15) is 14.8 Å². The van der Waals surface area contributed by atoms with Gasteiger partial charge in [0.1, 0.15) is 5.75 Å². The number of methoxy groups -OCH3 is 1. The third-order valence-corrected chi connectivity index (χ3v) is 7.90. The molecule has 1 aromatic carbocycles. The van der Waals surface area contributed by atoms with Crippen molar-refractivity contribution in [2.24, 2.45) is 0 Å². The van der Waals surface area contributed by atoms with Gasteiger partial charge in [-0.3, -0.25) is 10.1 Å². The van der Waals surface area contributed by atoms with Gasteiger partial charge in [0, 0.05) is 17.6 Å². The van der Waals surface area contributed by atoms with Crippen molar-refractivity contribution in [2.75, 3.05) is 7.11 Å². The first-order valence-electron chi connectivity index (χ1n) is 12.8. The van der Waals surface area contributed by atoms with Crippen LogP contribution >= 0.6 is 0 Å². The molecule has 8 heteroatoms. The highest BCUT2D eigenvalue weighted by Gasteiger charge is 2.57. The van der Waals surface area contributed by atoms with Gasteiger partial charge in [0.15, 0.2) is 6.17 Å². The number of hydrogen-bond donors (Lipinski definition) is 2. The maximum Gasteiger partial charge on any atom is 0.343 e. The molecule has 1 aliphatic heterocycles. The molecule has 4 amide bonds. The fourth-order valence-corrected chi connectivity index (χ4v) is 5.98. The van der Waals surface area contributed by atoms with Gasteiger partial charge in [0.2, 0.25) is 0 Å². The number of benzene rings is 1. The van der Waals surface area contributed by atoms with Crippen LogP contribution < -0.4 is 10.1 Å². The van der Waals surface area contributed by atoms with Crippen molar-refractivity contribution < 1.29 is 19.5 Å². The van der Waals surface area contributed by atoms with Crippen molar-refractivity contribution in [1.29, 1.82) is 0 Å². The fourth-order valence-electron chi connectivity index (χ4n) is 5.98. The maximum absolute atomic E-state index is 13.9. The summed E-state index contributed by atoms with van der Waals surface area (Å²) in [7, 11) is 1.62. The minimum atomic E-state index is -0.811. The van der Waals surface area contributed by atoms with Gasteiger partial charge < -0.3 is 15.0 Å². The van der Waals surface area contributed by atoms with E-state index in [4.69, 9.17) is 4.74 Å². The molecule has 1 heterocycles. The lowest BCUT2D eigenvalue weighted by molar-refractivity contribution is -0.141. The van der Waals surface area contributed by atoms with Crippen molar-refractivity contribution in [3.63, 3.8) is 0 Å². The highest BCUT2D eigenvalue weighted by Crippen LogP contribution is 2.40. The van der Waals surface area contributed by atoms with E-state index >= 15 is 0 Å². The number of nitrogens with one attached hydrogen (secondary N) is 1. The molecule has 34 heavy (non-hydrogen) atoms. The molecule has 3 aliphatic rings. The number of hydrogen-bond acceptors (Lipinski definition) is 4. The summed E-state index contributed by atoms with van der Waals surface area (Å²) in [6.07, 6.45) is 9.48. The van der Waals surface area contributed by atoms with Crippen LogP contribution in [0.25, 0.3) is 0 Å². The van der Waals surface area contributed by atoms with E-state index in [1.165, 1.54) is 6.42 Å². The van der Waals surface area contributed by atoms with Crippen LogP contribution in [0.1, 0.15) is 83.6 Å². The van der Waals surface area contributed by atoms with Crippen molar-refractivity contribution in [3.8, 4) is 5.75 Å². The number of amides is 4. The lowest BCUT2D eigenvalue weighted by atomic mass is 9.92. The molecule has 0 spiro atoms. The van der Waals surface area contributed by atoms with E-state index in [0.29, 0.717) is 6.54 Å². The summed E-state index contributed by atoms with van der Waals surface area (Å²) < 4.78 is 5.52. The summed E-state index contributed by atoms with van der Waals surface area (Å²) in [6.45, 7) is 4.21. The second-order valence-electron chi connectivity index (χ2n) is 10.5. The molecular weight excluding hydrogens is 432 g/mol. The summed E-state index contributed by atoms with van der Waals surface area (Å²) in [4.78, 5) is 30.6. The van der Waals surface area contributed by atoms with Gasteiger partial charge in [-0.1, -0.05) is 56.7 Å². The minimum Gasteiger partial charge on any atom is -0.496 e. The SMILES string of the molecule is COc1ccccc1CN1C(=O)N(C2CCCCC2)[C@H](N(O)C(=O)NC2CCCCC2)C1(C)C. The van der Waals surface area contributed by atoms with Gasteiger partial charge in [-0.15, -0.1) is 0 Å². The average molecular weight is 473 g/mol. The zero-order chi connectivity index (χ0) is 24.3. The number of nitrogens with zero attached hydrogens (tertiary/aromatic N) is 3. The Kier molecular flexibility index (Phi) is 7.55. The Morgan fingerprint density at radius 3 is 2.35 bits per heavy atom. The molecule has 1 aromatic rings. The first kappa shape index (κ1) is 24.6. The molecule has 2 saturated carbocycles. The lowest BCUT2D eigenvalue weighted by Crippen LogP contribution is -2.61. The third kappa shape index (κ3) is 4.83. The normalized spacial score (nSPS) is 23.8. The molecule has 188 valence electrons. The first-order valence-corrected chi connectivity index (χ1v) is 12.8. The zero-order valence-corrected chi connectivity index (χ0v) is 20.8. The fraction of sp³-hybridized carbons (Fsp3) is 0.692. The number of carbonyl (C=O) groups excluding carboxylic acids is 2. The second-order valence-corrected chi connectivity index (χ2v) is 10.5. The van der Waals surface area contributed by atoms with Crippen LogP contribution in [0.4, 0.5) is 9.59 Å². The molecule has 0 radical (unpaired) electrons. The first-order chi connectivity index (χ1) is 16.3. The summed E-state index contributed by atoms with van der Waals surface area (Å²) in [5.41, 5.74) is 0.0837. The van der Waals surface area contributed by atoms with E-state index in [2.05, 4.69) is 5.32 Å². The van der Waals surface area contributed by atoms with E-state index in [1.54, 1.807) is 16.9 Å². The number of para-hydroxylation sites is 1. The summed E-state index contributed by atoms with van der Waals surface area (Å²) in [5.74, 6) is 0.717. The molecular formula is C26H40N4O4. The van der Waals surface area contributed by atoms with Crippen molar-refractivity contribution in [3.05, 3.63) is 29.8 Å². The number of rotatable bonds is 6. The zero-order valence-electron chi connectivity index (χ0n) is 20.8. The van der Waals surface area contributed by atoms with Crippen LogP contribution in [0, 0.1) is 0 Å². The van der Waals surface area contributed by atoms with E-state index in [1.807, 2.05) is 38.1 Å². The Bertz CT molecular complexity index is 864. The molecule has 4 rings (SSSR count). The van der Waals surface area contributed by atoms with Gasteiger partial charge in [-0.05, 0) is 45.6 Å². The smallest absolute Gasteiger partial charge is 0.343 e. The van der Waals surface area contributed by atoms with Crippen molar-refractivity contribution in [1.82, 2.24) is 20.2 Å². The molecule has 1 atom stereocenters. The van der Waals surface area contributed by atoms with Gasteiger partial charge in [0.05, 0.1) is 19.2 Å². The highest BCUT2D eigenvalue weighted by atomic mass is 16.5. The second kappa shape index (κ2) is 10.4. The van der Waals surface area contributed by atoms with Crippen molar-refractivity contribution in [2.45, 2.75) is 108 Å². The number of urea groups is 2. The molecule has 2 aliphatic carbocycles. The Labute approximate surface area is 203 Å². The summed E-state index contributed by atoms with van der Waals surface area (Å²) in [5, 5.41) is 15.1. The quantitative estimate of drug-likeness (QED) is 0.445. The Morgan fingerprint density at radius 2 is 1.71 bits per heavy atom. The lowest BCUT2D eigenvalue weighted by Gasteiger charge is -2.42. The van der Waals surface area contributed by atoms with Crippen LogP contribution in [0.15, 0.2) is 24.3 Å². The Balaban J connectivity index is 1.62. The van der Waals surface area contributed by atoms with Crippen molar-refractivity contribution >= 4 is 12.1 Å². The number of carbonyl (C=O) groups is 2. The molecule has 8 nitrogen and oxygen atoms in total. The van der Waals surface area contributed by atoms with E-state index < -0.39 is 17.7 Å². The number of ether oxygens (including phenoxy) is 1.